The summed E-state index contributed by atoms with van der Waals surface area (Å²) in [7, 11) is 0. The molecule has 0 radical (unpaired) electrons. The number of oxazole rings is 1. The number of aromatic nitrogens is 1. The number of carbonyl (C=O) groups excluding carboxylic acids is 1. The maximum atomic E-state index is 14.2. The molecule has 1 saturated carbocycles. The normalized spacial score (nSPS) is 19.8. The summed E-state index contributed by atoms with van der Waals surface area (Å²) in [5.74, 6) is -0.730. The summed E-state index contributed by atoms with van der Waals surface area (Å²) in [6.07, 6.45) is 7.34. The number of nitrogens with one attached hydrogen (secondary N) is 1. The van der Waals surface area contributed by atoms with Gasteiger partial charge in [-0.05, 0) is 55.5 Å². The fourth-order valence-corrected chi connectivity index (χ4v) is 4.75. The van der Waals surface area contributed by atoms with Gasteiger partial charge in [-0.2, -0.15) is 0 Å². The molecule has 1 saturated heterocycles. The Balaban J connectivity index is 1.38. The van der Waals surface area contributed by atoms with Crippen molar-refractivity contribution in [3.63, 3.8) is 0 Å². The Labute approximate surface area is 179 Å². The molecule has 2 heterocycles. The van der Waals surface area contributed by atoms with E-state index < -0.39 is 11.6 Å². The van der Waals surface area contributed by atoms with Gasteiger partial charge >= 0.3 is 6.03 Å². The van der Waals surface area contributed by atoms with Gasteiger partial charge in [-0.1, -0.05) is 25.3 Å². The highest BCUT2D eigenvalue weighted by atomic mass is 19.1. The van der Waals surface area contributed by atoms with Crippen LogP contribution in [0.3, 0.4) is 0 Å². The molecule has 2 aromatic carbocycles. The van der Waals surface area contributed by atoms with Crippen molar-refractivity contribution in [2.75, 3.05) is 6.54 Å². The summed E-state index contributed by atoms with van der Waals surface area (Å²) in [5, 5.41) is 3.18. The largest absolute Gasteiger partial charge is 0.438 e. The number of benzene rings is 2. The number of halogens is 2. The number of rotatable bonds is 3. The van der Waals surface area contributed by atoms with E-state index in [0.717, 1.165) is 44.6 Å². The Morgan fingerprint density at radius 1 is 1.03 bits per heavy atom. The van der Waals surface area contributed by atoms with Crippen LogP contribution in [0.25, 0.3) is 22.2 Å². The van der Waals surface area contributed by atoms with Crippen LogP contribution in [0.1, 0.15) is 56.9 Å². The zero-order valence-corrected chi connectivity index (χ0v) is 17.2. The van der Waals surface area contributed by atoms with Gasteiger partial charge < -0.3 is 14.6 Å². The lowest BCUT2D eigenvalue weighted by Gasteiger charge is -2.28. The number of hydrogen-bond donors (Lipinski definition) is 1. The zero-order chi connectivity index (χ0) is 21.4. The summed E-state index contributed by atoms with van der Waals surface area (Å²) in [5.41, 5.74) is 2.09. The van der Waals surface area contributed by atoms with E-state index >= 15 is 0 Å². The third kappa shape index (κ3) is 4.01. The summed E-state index contributed by atoms with van der Waals surface area (Å²) in [4.78, 5) is 19.3. The van der Waals surface area contributed by atoms with E-state index in [9.17, 15) is 13.6 Å². The molecule has 1 aromatic heterocycles. The number of nitrogens with zero attached hydrogens (tertiary/aromatic N) is 2. The number of hydrogen-bond acceptors (Lipinski definition) is 3. The van der Waals surface area contributed by atoms with Gasteiger partial charge in [0.1, 0.15) is 23.2 Å². The fraction of sp³-hybridized carbons (Fsp3) is 0.417. The topological polar surface area (TPSA) is 58.4 Å². The smallest absolute Gasteiger partial charge is 0.318 e. The molecule has 31 heavy (non-hydrogen) atoms. The Morgan fingerprint density at radius 3 is 2.68 bits per heavy atom. The van der Waals surface area contributed by atoms with E-state index in [1.807, 2.05) is 4.90 Å². The molecule has 2 fully saturated rings. The van der Waals surface area contributed by atoms with E-state index in [1.54, 1.807) is 18.2 Å². The van der Waals surface area contributed by atoms with Crippen LogP contribution in [0.4, 0.5) is 13.6 Å². The average molecular weight is 425 g/mol. The van der Waals surface area contributed by atoms with Gasteiger partial charge in [-0.15, -0.1) is 0 Å². The van der Waals surface area contributed by atoms with Crippen LogP contribution in [-0.2, 0) is 0 Å². The molecule has 5 nitrogen and oxygen atoms in total. The van der Waals surface area contributed by atoms with Crippen LogP contribution in [-0.4, -0.2) is 28.5 Å². The van der Waals surface area contributed by atoms with Gasteiger partial charge in [0.2, 0.25) is 5.89 Å². The molecule has 1 N–H and O–H groups in total. The van der Waals surface area contributed by atoms with Crippen molar-refractivity contribution in [2.45, 2.75) is 57.0 Å². The van der Waals surface area contributed by atoms with Gasteiger partial charge in [0, 0.05) is 24.2 Å². The molecule has 2 aliphatic rings. The Kier molecular flexibility index (Phi) is 5.34. The summed E-state index contributed by atoms with van der Waals surface area (Å²) in [6, 6.07) is 8.72. The first kappa shape index (κ1) is 20.0. The van der Waals surface area contributed by atoms with E-state index in [4.69, 9.17) is 4.42 Å². The first-order valence-corrected chi connectivity index (χ1v) is 11.0. The second-order valence-electron chi connectivity index (χ2n) is 8.49. The molecule has 5 rings (SSSR count). The molecular weight excluding hydrogens is 400 g/mol. The third-order valence-corrected chi connectivity index (χ3v) is 6.38. The Morgan fingerprint density at radius 2 is 1.87 bits per heavy atom. The van der Waals surface area contributed by atoms with Crippen molar-refractivity contribution in [3.8, 4) is 11.1 Å². The molecule has 0 unspecified atom stereocenters. The lowest BCUT2D eigenvalue weighted by Crippen LogP contribution is -2.45. The fourth-order valence-electron chi connectivity index (χ4n) is 4.75. The first-order chi connectivity index (χ1) is 15.1. The van der Waals surface area contributed by atoms with E-state index in [2.05, 4.69) is 10.3 Å². The molecule has 162 valence electrons. The lowest BCUT2D eigenvalue weighted by atomic mass is 9.96. The van der Waals surface area contributed by atoms with E-state index in [-0.39, 0.29) is 18.1 Å². The maximum Gasteiger partial charge on any atom is 0.318 e. The zero-order valence-electron chi connectivity index (χ0n) is 17.2. The number of urea groups is 1. The van der Waals surface area contributed by atoms with Crippen LogP contribution in [0, 0.1) is 11.6 Å². The van der Waals surface area contributed by atoms with Crippen molar-refractivity contribution in [2.24, 2.45) is 0 Å². The third-order valence-electron chi connectivity index (χ3n) is 6.38. The van der Waals surface area contributed by atoms with Crippen LogP contribution in [0.15, 0.2) is 40.8 Å². The molecule has 3 aromatic rings. The van der Waals surface area contributed by atoms with Crippen LogP contribution in [0.5, 0.6) is 0 Å². The predicted octanol–water partition coefficient (Wildman–Crippen LogP) is 5.95. The molecule has 1 atom stereocenters. The van der Waals surface area contributed by atoms with Crippen LogP contribution in [0.2, 0.25) is 0 Å². The SMILES string of the molecule is O=C(NC1CCCCC1)N1CCC[C@H]1c1nc2cc(-c3ccc(F)cc3F)ccc2o1. The second kappa shape index (κ2) is 8.29. The van der Waals surface area contributed by atoms with Crippen molar-refractivity contribution in [1.82, 2.24) is 15.2 Å². The van der Waals surface area contributed by atoms with Crippen LogP contribution >= 0.6 is 0 Å². The Hall–Kier alpha value is -2.96. The van der Waals surface area contributed by atoms with Gasteiger partial charge in [-0.3, -0.25) is 0 Å². The monoisotopic (exact) mass is 425 g/mol. The molecule has 7 heteroatoms. The summed E-state index contributed by atoms with van der Waals surface area (Å²) >= 11 is 0. The number of likely N-dealkylation sites (tertiary alicyclic amines) is 1. The van der Waals surface area contributed by atoms with Gasteiger partial charge in [-0.25, -0.2) is 18.6 Å². The van der Waals surface area contributed by atoms with E-state index in [0.29, 0.717) is 34.7 Å². The van der Waals surface area contributed by atoms with Crippen molar-refractivity contribution in [3.05, 3.63) is 53.9 Å². The highest BCUT2D eigenvalue weighted by molar-refractivity contribution is 5.81. The minimum Gasteiger partial charge on any atom is -0.438 e. The van der Waals surface area contributed by atoms with Gasteiger partial charge in [0.05, 0.1) is 0 Å². The highest BCUT2D eigenvalue weighted by Gasteiger charge is 2.34. The van der Waals surface area contributed by atoms with Crippen molar-refractivity contribution in [1.29, 1.82) is 0 Å². The number of carbonyl (C=O) groups is 1. The molecule has 2 amide bonds. The molecule has 1 aliphatic heterocycles. The minimum absolute atomic E-state index is 0.0503. The second-order valence-corrected chi connectivity index (χ2v) is 8.49. The standard InChI is InChI=1S/C24H25F2N3O2/c25-16-9-10-18(19(26)14-16)15-8-11-22-20(13-15)28-23(31-22)21-7-4-12-29(21)24(30)27-17-5-2-1-3-6-17/h8-11,13-14,17,21H,1-7,12H2,(H,27,30)/t21-/m0/s1. The lowest BCUT2D eigenvalue weighted by molar-refractivity contribution is 0.178. The predicted molar refractivity (Wildman–Crippen MR) is 113 cm³/mol. The molecular formula is C24H25F2N3O2. The average Bonchev–Trinajstić information content (AvgIpc) is 3.41. The van der Waals surface area contributed by atoms with Crippen LogP contribution < -0.4 is 5.32 Å². The highest BCUT2D eigenvalue weighted by Crippen LogP contribution is 2.35. The van der Waals surface area contributed by atoms with E-state index in [1.165, 1.54) is 18.6 Å². The minimum atomic E-state index is -0.621. The quantitative estimate of drug-likeness (QED) is 0.564. The first-order valence-electron chi connectivity index (χ1n) is 11.0. The number of amides is 2. The van der Waals surface area contributed by atoms with Gasteiger partial charge in [0.15, 0.2) is 5.58 Å². The summed E-state index contributed by atoms with van der Waals surface area (Å²) < 4.78 is 33.4. The summed E-state index contributed by atoms with van der Waals surface area (Å²) in [6.45, 7) is 0.675. The van der Waals surface area contributed by atoms with Gasteiger partial charge in [0.25, 0.3) is 0 Å². The molecule has 1 aliphatic carbocycles. The molecule has 0 spiro atoms. The maximum absolute atomic E-state index is 14.2. The van der Waals surface area contributed by atoms with Crippen molar-refractivity contribution < 1.29 is 18.0 Å². The number of fused-ring (bicyclic) bond motifs is 1. The van der Waals surface area contributed by atoms with Crippen molar-refractivity contribution >= 4 is 17.1 Å². The molecule has 0 bridgehead atoms. The Bertz CT molecular complexity index is 1110.